The highest BCUT2D eigenvalue weighted by molar-refractivity contribution is 5.79. The number of aliphatic carboxylic acids is 1. The van der Waals surface area contributed by atoms with Gasteiger partial charge in [-0.15, -0.1) is 0 Å². The monoisotopic (exact) mass is 235 g/mol. The fourth-order valence-electron chi connectivity index (χ4n) is 1.65. The van der Waals surface area contributed by atoms with Gasteiger partial charge in [-0.25, -0.2) is 0 Å². The molecule has 1 amide bonds. The summed E-state index contributed by atoms with van der Waals surface area (Å²) in [5, 5.41) is 11.2. The summed E-state index contributed by atoms with van der Waals surface area (Å²) in [6.45, 7) is 3.65. The number of rotatable bonds is 5. The van der Waals surface area contributed by atoms with Crippen LogP contribution < -0.4 is 5.32 Å². The number of aryl methyl sites for hydroxylation is 1. The highest BCUT2D eigenvalue weighted by Crippen LogP contribution is 2.04. The van der Waals surface area contributed by atoms with Gasteiger partial charge in [-0.3, -0.25) is 9.59 Å². The number of carboxylic acids is 1. The van der Waals surface area contributed by atoms with Crippen molar-refractivity contribution in [1.82, 2.24) is 5.32 Å². The van der Waals surface area contributed by atoms with Gasteiger partial charge in [-0.05, 0) is 19.4 Å². The first kappa shape index (κ1) is 13.2. The lowest BCUT2D eigenvalue weighted by Gasteiger charge is -2.11. The molecule has 1 aromatic rings. The topological polar surface area (TPSA) is 66.4 Å². The van der Waals surface area contributed by atoms with E-state index in [4.69, 9.17) is 5.11 Å². The third-order valence-electron chi connectivity index (χ3n) is 2.34. The van der Waals surface area contributed by atoms with Crippen LogP contribution in [-0.2, 0) is 16.0 Å². The molecule has 0 spiro atoms. The minimum atomic E-state index is -0.909. The lowest BCUT2D eigenvalue weighted by Crippen LogP contribution is -2.35. The minimum Gasteiger partial charge on any atom is -0.481 e. The van der Waals surface area contributed by atoms with Crippen LogP contribution in [-0.4, -0.2) is 23.0 Å². The molecule has 0 aliphatic carbocycles. The number of hydrogen-bond donors (Lipinski definition) is 2. The number of carbonyl (C=O) groups is 2. The van der Waals surface area contributed by atoms with Gasteiger partial charge in [0.15, 0.2) is 0 Å². The van der Waals surface area contributed by atoms with Gasteiger partial charge in [-0.1, -0.05) is 29.8 Å². The summed E-state index contributed by atoms with van der Waals surface area (Å²) in [6, 6.07) is 7.35. The van der Waals surface area contributed by atoms with Crippen LogP contribution in [0.2, 0.25) is 0 Å². The average molecular weight is 235 g/mol. The second kappa shape index (κ2) is 6.03. The van der Waals surface area contributed by atoms with Crippen molar-refractivity contribution in [3.63, 3.8) is 0 Å². The molecule has 4 heteroatoms. The first-order chi connectivity index (χ1) is 7.97. The highest BCUT2D eigenvalue weighted by atomic mass is 16.4. The van der Waals surface area contributed by atoms with Gasteiger partial charge in [0.25, 0.3) is 0 Å². The maximum atomic E-state index is 11.6. The van der Waals surface area contributed by atoms with Crippen molar-refractivity contribution < 1.29 is 14.7 Å². The van der Waals surface area contributed by atoms with Crippen LogP contribution in [0.5, 0.6) is 0 Å². The number of carboxylic acid groups (broad SMARTS) is 1. The molecule has 92 valence electrons. The second-order valence-corrected chi connectivity index (χ2v) is 4.23. The smallest absolute Gasteiger partial charge is 0.305 e. The zero-order valence-corrected chi connectivity index (χ0v) is 10.1. The van der Waals surface area contributed by atoms with Crippen LogP contribution in [0.4, 0.5) is 0 Å². The Labute approximate surface area is 101 Å². The minimum absolute atomic E-state index is 0.0560. The molecule has 1 rings (SSSR count). The Balaban J connectivity index is 2.47. The Kier molecular flexibility index (Phi) is 4.69. The van der Waals surface area contributed by atoms with Gasteiger partial charge in [-0.2, -0.15) is 0 Å². The molecule has 4 nitrogen and oxygen atoms in total. The summed E-state index contributed by atoms with van der Waals surface area (Å²) in [7, 11) is 0. The molecule has 1 aromatic carbocycles. The van der Waals surface area contributed by atoms with E-state index in [0.29, 0.717) is 0 Å². The standard InChI is InChI=1S/C13H17NO3/c1-9-4-3-5-11(6-9)8-12(15)14-10(2)7-13(16)17/h3-6,10H,7-8H2,1-2H3,(H,14,15)(H,16,17). The van der Waals surface area contributed by atoms with Crippen LogP contribution in [0.15, 0.2) is 24.3 Å². The Bertz CT molecular complexity index is 415. The quantitative estimate of drug-likeness (QED) is 0.813. The van der Waals surface area contributed by atoms with E-state index in [1.807, 2.05) is 31.2 Å². The summed E-state index contributed by atoms with van der Waals surface area (Å²) in [6.07, 6.45) is 0.227. The Hall–Kier alpha value is -1.84. The van der Waals surface area contributed by atoms with Crippen molar-refractivity contribution in [2.75, 3.05) is 0 Å². The van der Waals surface area contributed by atoms with Crippen molar-refractivity contribution in [2.45, 2.75) is 32.7 Å². The van der Waals surface area contributed by atoms with E-state index in [2.05, 4.69) is 5.32 Å². The molecule has 17 heavy (non-hydrogen) atoms. The van der Waals surface area contributed by atoms with Gasteiger partial charge in [0.1, 0.15) is 0 Å². The summed E-state index contributed by atoms with van der Waals surface area (Å²) in [5.74, 6) is -1.06. The molecule has 0 radical (unpaired) electrons. The van der Waals surface area contributed by atoms with E-state index >= 15 is 0 Å². The molecule has 0 bridgehead atoms. The van der Waals surface area contributed by atoms with Crippen molar-refractivity contribution in [3.8, 4) is 0 Å². The highest BCUT2D eigenvalue weighted by Gasteiger charge is 2.11. The molecule has 0 saturated carbocycles. The van der Waals surface area contributed by atoms with E-state index in [9.17, 15) is 9.59 Å². The summed E-state index contributed by atoms with van der Waals surface area (Å²) in [5.41, 5.74) is 2.04. The van der Waals surface area contributed by atoms with Crippen molar-refractivity contribution >= 4 is 11.9 Å². The van der Waals surface area contributed by atoms with Crippen molar-refractivity contribution in [1.29, 1.82) is 0 Å². The molecule has 0 aliphatic rings. The number of carbonyl (C=O) groups excluding carboxylic acids is 1. The zero-order valence-electron chi connectivity index (χ0n) is 10.1. The van der Waals surface area contributed by atoms with E-state index in [1.165, 1.54) is 0 Å². The van der Waals surface area contributed by atoms with Gasteiger partial charge < -0.3 is 10.4 Å². The Morgan fingerprint density at radius 1 is 1.41 bits per heavy atom. The lowest BCUT2D eigenvalue weighted by molar-refractivity contribution is -0.137. The van der Waals surface area contributed by atoms with Crippen LogP contribution in [0.1, 0.15) is 24.5 Å². The maximum absolute atomic E-state index is 11.6. The van der Waals surface area contributed by atoms with Gasteiger partial charge >= 0.3 is 5.97 Å². The predicted molar refractivity (Wildman–Crippen MR) is 64.7 cm³/mol. The first-order valence-electron chi connectivity index (χ1n) is 5.54. The van der Waals surface area contributed by atoms with Crippen LogP contribution in [0.3, 0.4) is 0 Å². The van der Waals surface area contributed by atoms with Crippen LogP contribution in [0.25, 0.3) is 0 Å². The summed E-state index contributed by atoms with van der Waals surface area (Å²) < 4.78 is 0. The van der Waals surface area contributed by atoms with Gasteiger partial charge in [0.05, 0.1) is 12.8 Å². The van der Waals surface area contributed by atoms with Gasteiger partial charge in [0.2, 0.25) is 5.91 Å². The largest absolute Gasteiger partial charge is 0.481 e. The molecule has 0 aliphatic heterocycles. The first-order valence-corrected chi connectivity index (χ1v) is 5.54. The third kappa shape index (κ3) is 5.15. The van der Waals surface area contributed by atoms with Crippen molar-refractivity contribution in [2.24, 2.45) is 0 Å². The molecule has 0 heterocycles. The lowest BCUT2D eigenvalue weighted by atomic mass is 10.1. The predicted octanol–water partition coefficient (Wildman–Crippen LogP) is 1.52. The molecule has 0 aromatic heterocycles. The SMILES string of the molecule is Cc1cccc(CC(=O)NC(C)CC(=O)O)c1. The van der Waals surface area contributed by atoms with E-state index in [-0.39, 0.29) is 24.8 Å². The maximum Gasteiger partial charge on any atom is 0.305 e. The molecule has 2 N–H and O–H groups in total. The fraction of sp³-hybridized carbons (Fsp3) is 0.385. The molecule has 1 atom stereocenters. The fourth-order valence-corrected chi connectivity index (χ4v) is 1.65. The molecule has 0 saturated heterocycles. The van der Waals surface area contributed by atoms with E-state index in [1.54, 1.807) is 6.92 Å². The number of benzene rings is 1. The zero-order chi connectivity index (χ0) is 12.8. The average Bonchev–Trinajstić information content (AvgIpc) is 2.14. The van der Waals surface area contributed by atoms with Crippen LogP contribution >= 0.6 is 0 Å². The summed E-state index contributed by atoms with van der Waals surface area (Å²) in [4.78, 5) is 22.1. The number of nitrogens with one attached hydrogen (secondary N) is 1. The molecule has 1 unspecified atom stereocenters. The van der Waals surface area contributed by atoms with Crippen molar-refractivity contribution in [3.05, 3.63) is 35.4 Å². The normalized spacial score (nSPS) is 11.9. The Morgan fingerprint density at radius 2 is 2.12 bits per heavy atom. The number of hydrogen-bond acceptors (Lipinski definition) is 2. The summed E-state index contributed by atoms with van der Waals surface area (Å²) >= 11 is 0. The van der Waals surface area contributed by atoms with Gasteiger partial charge in [0, 0.05) is 6.04 Å². The third-order valence-corrected chi connectivity index (χ3v) is 2.34. The Morgan fingerprint density at radius 3 is 2.71 bits per heavy atom. The molecule has 0 fully saturated rings. The second-order valence-electron chi connectivity index (χ2n) is 4.23. The molecular weight excluding hydrogens is 218 g/mol. The number of amides is 1. The van der Waals surface area contributed by atoms with E-state index in [0.717, 1.165) is 11.1 Å². The van der Waals surface area contributed by atoms with Crippen LogP contribution in [0, 0.1) is 6.92 Å². The molecular formula is C13H17NO3. The van der Waals surface area contributed by atoms with E-state index < -0.39 is 5.97 Å².